The summed E-state index contributed by atoms with van der Waals surface area (Å²) in [4.78, 5) is 4.21. The molecule has 0 atom stereocenters. The van der Waals surface area contributed by atoms with Crippen LogP contribution in [0.15, 0.2) is 60.8 Å². The Morgan fingerprint density at radius 2 is 1.67 bits per heavy atom. The molecule has 0 bridgehead atoms. The van der Waals surface area contributed by atoms with Gasteiger partial charge in [0.25, 0.3) is 0 Å². The van der Waals surface area contributed by atoms with Crippen molar-refractivity contribution in [2.24, 2.45) is 0 Å². The van der Waals surface area contributed by atoms with Gasteiger partial charge in [-0.2, -0.15) is 0 Å². The number of benzene rings is 2. The second-order valence-corrected chi connectivity index (χ2v) is 3.89. The van der Waals surface area contributed by atoms with Crippen LogP contribution >= 0.6 is 0 Å². The van der Waals surface area contributed by atoms with E-state index in [0.717, 1.165) is 10.8 Å². The molecule has 18 heavy (non-hydrogen) atoms. The van der Waals surface area contributed by atoms with Crippen LogP contribution < -0.4 is 4.74 Å². The second-order valence-electron chi connectivity index (χ2n) is 3.89. The molecule has 0 fully saturated rings. The third kappa shape index (κ3) is 2.02. The van der Waals surface area contributed by atoms with E-state index in [2.05, 4.69) is 4.98 Å². The predicted molar refractivity (Wildman–Crippen MR) is 68.2 cm³/mol. The van der Waals surface area contributed by atoms with Gasteiger partial charge in [0.2, 0.25) is 5.88 Å². The van der Waals surface area contributed by atoms with E-state index in [9.17, 15) is 4.39 Å². The van der Waals surface area contributed by atoms with Crippen molar-refractivity contribution < 1.29 is 9.13 Å². The molecule has 1 aromatic heterocycles. The van der Waals surface area contributed by atoms with Crippen LogP contribution in [0.2, 0.25) is 0 Å². The largest absolute Gasteiger partial charge is 0.438 e. The van der Waals surface area contributed by atoms with Gasteiger partial charge in [-0.3, -0.25) is 0 Å². The maximum Gasteiger partial charge on any atom is 0.227 e. The Morgan fingerprint density at radius 3 is 2.50 bits per heavy atom. The van der Waals surface area contributed by atoms with Crippen molar-refractivity contribution in [3.63, 3.8) is 0 Å². The van der Waals surface area contributed by atoms with Gasteiger partial charge in [-0.05, 0) is 41.8 Å². The minimum atomic E-state index is -0.284. The fourth-order valence-corrected chi connectivity index (χ4v) is 1.79. The van der Waals surface area contributed by atoms with E-state index >= 15 is 0 Å². The number of pyridine rings is 1. The Balaban J connectivity index is 2.02. The molecular weight excluding hydrogens is 229 g/mol. The van der Waals surface area contributed by atoms with E-state index in [1.54, 1.807) is 18.3 Å². The summed E-state index contributed by atoms with van der Waals surface area (Å²) in [5, 5.41) is 1.99. The predicted octanol–water partition coefficient (Wildman–Crippen LogP) is 4.17. The summed E-state index contributed by atoms with van der Waals surface area (Å²) in [6.07, 6.45) is 1.70. The molecular formula is C15H10FNO. The summed E-state index contributed by atoms with van der Waals surface area (Å²) < 4.78 is 18.5. The van der Waals surface area contributed by atoms with Crippen molar-refractivity contribution >= 4 is 10.8 Å². The standard InChI is InChI=1S/C15H10FNO/c16-12-5-7-13(8-6-12)18-15-14-4-2-1-3-11(14)9-10-17-15/h1-10H. The molecule has 0 spiro atoms. The lowest BCUT2D eigenvalue weighted by atomic mass is 10.2. The van der Waals surface area contributed by atoms with Crippen LogP contribution in [0.25, 0.3) is 10.8 Å². The lowest BCUT2D eigenvalue weighted by molar-refractivity contribution is 0.467. The van der Waals surface area contributed by atoms with Crippen molar-refractivity contribution in [3.8, 4) is 11.6 Å². The highest BCUT2D eigenvalue weighted by atomic mass is 19.1. The van der Waals surface area contributed by atoms with Crippen molar-refractivity contribution in [2.75, 3.05) is 0 Å². The first-order valence-corrected chi connectivity index (χ1v) is 5.60. The molecule has 88 valence electrons. The molecule has 1 heterocycles. The number of halogens is 1. The van der Waals surface area contributed by atoms with E-state index < -0.39 is 0 Å². The van der Waals surface area contributed by atoms with Gasteiger partial charge in [-0.15, -0.1) is 0 Å². The lowest BCUT2D eigenvalue weighted by Gasteiger charge is -2.07. The molecule has 2 nitrogen and oxygen atoms in total. The SMILES string of the molecule is Fc1ccc(Oc2nccc3ccccc23)cc1. The van der Waals surface area contributed by atoms with Crippen LogP contribution in [0.5, 0.6) is 11.6 Å². The summed E-state index contributed by atoms with van der Waals surface area (Å²) in [6.45, 7) is 0. The van der Waals surface area contributed by atoms with Gasteiger partial charge >= 0.3 is 0 Å². The zero-order valence-electron chi connectivity index (χ0n) is 9.51. The molecule has 2 aromatic carbocycles. The van der Waals surface area contributed by atoms with Crippen LogP contribution in [0.1, 0.15) is 0 Å². The number of aromatic nitrogens is 1. The third-order valence-corrected chi connectivity index (χ3v) is 2.67. The first kappa shape index (κ1) is 10.7. The molecule has 0 saturated heterocycles. The molecule has 0 amide bonds. The quantitative estimate of drug-likeness (QED) is 0.669. The van der Waals surface area contributed by atoms with Gasteiger partial charge in [0.1, 0.15) is 11.6 Å². The fraction of sp³-hybridized carbons (Fsp3) is 0. The van der Waals surface area contributed by atoms with Gasteiger partial charge < -0.3 is 4.74 Å². The van der Waals surface area contributed by atoms with E-state index in [-0.39, 0.29) is 5.82 Å². The molecule has 0 aliphatic rings. The first-order valence-electron chi connectivity index (χ1n) is 5.60. The van der Waals surface area contributed by atoms with Crippen molar-refractivity contribution in [3.05, 3.63) is 66.6 Å². The third-order valence-electron chi connectivity index (χ3n) is 2.67. The number of hydrogen-bond acceptors (Lipinski definition) is 2. The number of nitrogens with zero attached hydrogens (tertiary/aromatic N) is 1. The first-order chi connectivity index (χ1) is 8.83. The van der Waals surface area contributed by atoms with Gasteiger partial charge in [-0.1, -0.05) is 18.2 Å². The van der Waals surface area contributed by atoms with Crippen LogP contribution in [0.3, 0.4) is 0 Å². The second kappa shape index (κ2) is 4.45. The Labute approximate surface area is 104 Å². The van der Waals surface area contributed by atoms with Gasteiger partial charge in [0.15, 0.2) is 0 Å². The Kier molecular flexibility index (Phi) is 2.65. The van der Waals surface area contributed by atoms with E-state index in [1.165, 1.54) is 12.1 Å². The van der Waals surface area contributed by atoms with Crippen LogP contribution in [-0.2, 0) is 0 Å². The molecule has 3 aromatic rings. The van der Waals surface area contributed by atoms with Crippen LogP contribution in [0, 0.1) is 5.82 Å². The number of hydrogen-bond donors (Lipinski definition) is 0. The average molecular weight is 239 g/mol. The molecule has 0 unspecified atom stereocenters. The highest BCUT2D eigenvalue weighted by Crippen LogP contribution is 2.27. The van der Waals surface area contributed by atoms with Crippen molar-refractivity contribution in [1.29, 1.82) is 0 Å². The average Bonchev–Trinajstić information content (AvgIpc) is 2.42. The number of fused-ring (bicyclic) bond motifs is 1. The molecule has 0 N–H and O–H groups in total. The minimum absolute atomic E-state index is 0.284. The Hall–Kier alpha value is -2.42. The fourth-order valence-electron chi connectivity index (χ4n) is 1.79. The van der Waals surface area contributed by atoms with Gasteiger partial charge in [0.05, 0.1) is 0 Å². The molecule has 0 aliphatic carbocycles. The summed E-state index contributed by atoms with van der Waals surface area (Å²) in [6, 6.07) is 15.6. The molecule has 0 radical (unpaired) electrons. The van der Waals surface area contributed by atoms with Crippen molar-refractivity contribution in [2.45, 2.75) is 0 Å². The monoisotopic (exact) mass is 239 g/mol. The highest BCUT2D eigenvalue weighted by Gasteiger charge is 2.04. The topological polar surface area (TPSA) is 22.1 Å². The van der Waals surface area contributed by atoms with E-state index in [0.29, 0.717) is 11.6 Å². The smallest absolute Gasteiger partial charge is 0.227 e. The summed E-state index contributed by atoms with van der Waals surface area (Å²) in [5.74, 6) is 0.813. The summed E-state index contributed by atoms with van der Waals surface area (Å²) in [7, 11) is 0. The lowest BCUT2D eigenvalue weighted by Crippen LogP contribution is -1.89. The Morgan fingerprint density at radius 1 is 0.889 bits per heavy atom. The number of rotatable bonds is 2. The van der Waals surface area contributed by atoms with Crippen molar-refractivity contribution in [1.82, 2.24) is 4.98 Å². The van der Waals surface area contributed by atoms with Gasteiger partial charge in [-0.25, -0.2) is 9.37 Å². The summed E-state index contributed by atoms with van der Waals surface area (Å²) >= 11 is 0. The maximum absolute atomic E-state index is 12.8. The van der Waals surface area contributed by atoms with Crippen LogP contribution in [0.4, 0.5) is 4.39 Å². The molecule has 3 rings (SSSR count). The molecule has 0 aliphatic heterocycles. The van der Waals surface area contributed by atoms with Gasteiger partial charge in [0, 0.05) is 11.6 Å². The highest BCUT2D eigenvalue weighted by molar-refractivity contribution is 5.86. The number of ether oxygens (including phenoxy) is 1. The minimum Gasteiger partial charge on any atom is -0.438 e. The van der Waals surface area contributed by atoms with Crippen LogP contribution in [-0.4, -0.2) is 4.98 Å². The molecule has 3 heteroatoms. The Bertz CT molecular complexity index is 674. The summed E-state index contributed by atoms with van der Waals surface area (Å²) in [5.41, 5.74) is 0. The zero-order valence-corrected chi connectivity index (χ0v) is 9.51. The van der Waals surface area contributed by atoms with E-state index in [1.807, 2.05) is 30.3 Å². The molecule has 0 saturated carbocycles. The zero-order chi connectivity index (χ0) is 12.4. The maximum atomic E-state index is 12.8. The normalized spacial score (nSPS) is 10.5. The van der Waals surface area contributed by atoms with E-state index in [4.69, 9.17) is 4.74 Å².